The first kappa shape index (κ1) is 14.9. The second kappa shape index (κ2) is 5.09. The minimum absolute atomic E-state index is 0.330. The largest absolute Gasteiger partial charge is 0.388 e. The normalized spacial score (nSPS) is 35.6. The Morgan fingerprint density at radius 1 is 1.00 bits per heavy atom. The summed E-state index contributed by atoms with van der Waals surface area (Å²) < 4.78 is 0. The highest BCUT2D eigenvalue weighted by molar-refractivity contribution is 5.14. The van der Waals surface area contributed by atoms with E-state index in [0.717, 1.165) is 51.4 Å². The monoisotopic (exact) mass is 263 g/mol. The summed E-state index contributed by atoms with van der Waals surface area (Å²) in [6.07, 6.45) is 9.03. The van der Waals surface area contributed by atoms with Crippen LogP contribution in [0, 0.1) is 28.1 Å². The summed E-state index contributed by atoms with van der Waals surface area (Å²) in [7, 11) is 0. The Morgan fingerprint density at radius 3 is 1.95 bits per heavy atom. The molecule has 0 aromatic rings. The molecule has 2 rings (SSSR count). The van der Waals surface area contributed by atoms with Crippen LogP contribution in [0.15, 0.2) is 0 Å². The summed E-state index contributed by atoms with van der Waals surface area (Å²) in [5, 5.41) is 20.8. The maximum atomic E-state index is 11.0. The summed E-state index contributed by atoms with van der Waals surface area (Å²) >= 11 is 0. The molecule has 0 unspecified atom stereocenters. The standard InChI is InChI=1S/C17H29NO/c1-15(2,3)14-7-11-16(13-18,12-8-14)17(19)9-5-4-6-10-17/h14,19H,4-12H2,1-3H3. The van der Waals surface area contributed by atoms with Crippen LogP contribution in [0.25, 0.3) is 0 Å². The van der Waals surface area contributed by atoms with E-state index in [2.05, 4.69) is 26.8 Å². The second-order valence-electron chi connectivity index (χ2n) is 7.93. The Hall–Kier alpha value is -0.550. The molecule has 0 atom stereocenters. The van der Waals surface area contributed by atoms with E-state index in [1.807, 2.05) is 0 Å². The Kier molecular flexibility index (Phi) is 3.98. The van der Waals surface area contributed by atoms with Crippen LogP contribution in [0.4, 0.5) is 0 Å². The molecule has 2 saturated carbocycles. The lowest BCUT2D eigenvalue weighted by molar-refractivity contribution is -0.106. The van der Waals surface area contributed by atoms with Gasteiger partial charge in [0.15, 0.2) is 0 Å². The zero-order valence-electron chi connectivity index (χ0n) is 12.8. The molecule has 2 heteroatoms. The van der Waals surface area contributed by atoms with Crippen molar-refractivity contribution in [3.63, 3.8) is 0 Å². The van der Waals surface area contributed by atoms with E-state index in [-0.39, 0.29) is 0 Å². The molecule has 2 nitrogen and oxygen atoms in total. The van der Waals surface area contributed by atoms with E-state index in [1.54, 1.807) is 0 Å². The van der Waals surface area contributed by atoms with Crippen molar-refractivity contribution >= 4 is 0 Å². The van der Waals surface area contributed by atoms with Crippen LogP contribution >= 0.6 is 0 Å². The molecule has 0 amide bonds. The number of hydrogen-bond acceptors (Lipinski definition) is 2. The fourth-order valence-electron chi connectivity index (χ4n) is 4.27. The third-order valence-corrected chi connectivity index (χ3v) is 5.85. The zero-order chi connectivity index (χ0) is 14.1. The van der Waals surface area contributed by atoms with Crippen molar-refractivity contribution in [1.29, 1.82) is 5.26 Å². The van der Waals surface area contributed by atoms with E-state index in [0.29, 0.717) is 11.3 Å². The Morgan fingerprint density at radius 2 is 1.53 bits per heavy atom. The first-order valence-electron chi connectivity index (χ1n) is 7.97. The molecule has 0 saturated heterocycles. The van der Waals surface area contributed by atoms with E-state index in [4.69, 9.17) is 0 Å². The van der Waals surface area contributed by atoms with Crippen molar-refractivity contribution in [1.82, 2.24) is 0 Å². The van der Waals surface area contributed by atoms with E-state index < -0.39 is 11.0 Å². The minimum Gasteiger partial charge on any atom is -0.388 e. The van der Waals surface area contributed by atoms with Gasteiger partial charge in [-0.05, 0) is 49.9 Å². The summed E-state index contributed by atoms with van der Waals surface area (Å²) in [4.78, 5) is 0. The van der Waals surface area contributed by atoms with Gasteiger partial charge in [-0.15, -0.1) is 0 Å². The van der Waals surface area contributed by atoms with Gasteiger partial charge < -0.3 is 5.11 Å². The van der Waals surface area contributed by atoms with Crippen LogP contribution in [-0.4, -0.2) is 10.7 Å². The summed E-state index contributed by atoms with van der Waals surface area (Å²) in [5.41, 5.74) is -0.838. The molecule has 2 fully saturated rings. The third kappa shape index (κ3) is 2.68. The molecule has 0 heterocycles. The van der Waals surface area contributed by atoms with Crippen LogP contribution in [-0.2, 0) is 0 Å². The van der Waals surface area contributed by atoms with Gasteiger partial charge in [-0.25, -0.2) is 0 Å². The predicted molar refractivity (Wildman–Crippen MR) is 77.5 cm³/mol. The lowest BCUT2D eigenvalue weighted by Crippen LogP contribution is -2.51. The quantitative estimate of drug-likeness (QED) is 0.760. The lowest BCUT2D eigenvalue weighted by Gasteiger charge is -2.50. The summed E-state index contributed by atoms with van der Waals surface area (Å²) in [5.74, 6) is 0.696. The van der Waals surface area contributed by atoms with Gasteiger partial charge in [-0.3, -0.25) is 0 Å². The first-order valence-corrected chi connectivity index (χ1v) is 7.97. The number of nitrogens with zero attached hydrogens (tertiary/aromatic N) is 1. The van der Waals surface area contributed by atoms with E-state index in [1.165, 1.54) is 6.42 Å². The average Bonchev–Trinajstić information content (AvgIpc) is 2.38. The molecule has 2 aliphatic carbocycles. The van der Waals surface area contributed by atoms with Gasteiger partial charge in [0.05, 0.1) is 17.1 Å². The van der Waals surface area contributed by atoms with Gasteiger partial charge >= 0.3 is 0 Å². The van der Waals surface area contributed by atoms with Gasteiger partial charge in [-0.2, -0.15) is 5.26 Å². The first-order chi connectivity index (χ1) is 8.83. The predicted octanol–water partition coefficient (Wildman–Crippen LogP) is 4.43. The van der Waals surface area contributed by atoms with Gasteiger partial charge in [0.1, 0.15) is 0 Å². The Bertz CT molecular complexity index is 346. The van der Waals surface area contributed by atoms with Gasteiger partial charge in [-0.1, -0.05) is 40.0 Å². The molecule has 0 aromatic heterocycles. The second-order valence-corrected chi connectivity index (χ2v) is 7.93. The summed E-state index contributed by atoms with van der Waals surface area (Å²) in [6, 6.07) is 2.55. The van der Waals surface area contributed by atoms with Crippen LogP contribution < -0.4 is 0 Å². The van der Waals surface area contributed by atoms with Crippen molar-refractivity contribution in [2.24, 2.45) is 16.7 Å². The molecule has 108 valence electrons. The van der Waals surface area contributed by atoms with E-state index >= 15 is 0 Å². The van der Waals surface area contributed by atoms with E-state index in [9.17, 15) is 10.4 Å². The highest BCUT2D eigenvalue weighted by Gasteiger charge is 2.53. The van der Waals surface area contributed by atoms with Crippen molar-refractivity contribution in [3.05, 3.63) is 0 Å². The molecule has 0 aliphatic heterocycles. The van der Waals surface area contributed by atoms with Crippen LogP contribution in [0.5, 0.6) is 0 Å². The number of nitriles is 1. The zero-order valence-corrected chi connectivity index (χ0v) is 12.8. The number of aliphatic hydroxyl groups is 1. The fourth-order valence-corrected chi connectivity index (χ4v) is 4.27. The van der Waals surface area contributed by atoms with Crippen molar-refractivity contribution < 1.29 is 5.11 Å². The molecule has 0 radical (unpaired) electrons. The molecule has 0 bridgehead atoms. The van der Waals surface area contributed by atoms with Crippen LogP contribution in [0.1, 0.15) is 78.6 Å². The lowest BCUT2D eigenvalue weighted by atomic mass is 9.56. The topological polar surface area (TPSA) is 44.0 Å². The fraction of sp³-hybridized carbons (Fsp3) is 0.941. The molecule has 2 aliphatic rings. The maximum Gasteiger partial charge on any atom is 0.0860 e. The van der Waals surface area contributed by atoms with Gasteiger partial charge in [0.2, 0.25) is 0 Å². The Labute approximate surface area is 118 Å². The van der Waals surface area contributed by atoms with Crippen molar-refractivity contribution in [2.75, 3.05) is 0 Å². The van der Waals surface area contributed by atoms with Gasteiger partial charge in [0, 0.05) is 0 Å². The molecular weight excluding hydrogens is 234 g/mol. The van der Waals surface area contributed by atoms with Crippen LogP contribution in [0.3, 0.4) is 0 Å². The molecule has 1 N–H and O–H groups in total. The molecule has 0 aromatic carbocycles. The number of hydrogen-bond donors (Lipinski definition) is 1. The molecular formula is C17H29NO. The molecule has 0 spiro atoms. The molecule has 19 heavy (non-hydrogen) atoms. The maximum absolute atomic E-state index is 11.0. The number of rotatable bonds is 1. The smallest absolute Gasteiger partial charge is 0.0860 e. The van der Waals surface area contributed by atoms with Crippen molar-refractivity contribution in [2.45, 2.75) is 84.2 Å². The highest BCUT2D eigenvalue weighted by atomic mass is 16.3. The SMILES string of the molecule is CC(C)(C)C1CCC(C#N)(C2(O)CCCCC2)CC1. The van der Waals surface area contributed by atoms with Crippen molar-refractivity contribution in [3.8, 4) is 6.07 Å². The third-order valence-electron chi connectivity index (χ3n) is 5.85. The van der Waals surface area contributed by atoms with Crippen LogP contribution in [0.2, 0.25) is 0 Å². The van der Waals surface area contributed by atoms with Gasteiger partial charge in [0.25, 0.3) is 0 Å². The summed E-state index contributed by atoms with van der Waals surface area (Å²) in [6.45, 7) is 6.89. The Balaban J connectivity index is 2.12. The highest BCUT2D eigenvalue weighted by Crippen LogP contribution is 2.53. The minimum atomic E-state index is -0.706. The average molecular weight is 263 g/mol.